The summed E-state index contributed by atoms with van der Waals surface area (Å²) in [5.41, 5.74) is 8.14. The lowest BCUT2D eigenvalue weighted by Crippen LogP contribution is -2.26. The summed E-state index contributed by atoms with van der Waals surface area (Å²) < 4.78 is 10.5. The largest absolute Gasteiger partial charge is 0.428 e. The van der Waals surface area contributed by atoms with Gasteiger partial charge in [0.15, 0.2) is 11.2 Å². The third-order valence-corrected chi connectivity index (χ3v) is 509. The third-order valence-electron chi connectivity index (χ3n) is 9.39. The van der Waals surface area contributed by atoms with Crippen LogP contribution < -0.4 is 11.1 Å². The lowest BCUT2D eigenvalue weighted by Gasteiger charge is -2.61. The van der Waals surface area contributed by atoms with Gasteiger partial charge < -0.3 is 19.9 Å². The topological polar surface area (TPSA) is 90.1 Å². The molecule has 41 unspecified atom stereocenters. The molecule has 6 nitrogen and oxygen atoms in total. The first-order chi connectivity index (χ1) is 46.5. The van der Waals surface area contributed by atoms with Gasteiger partial charge >= 0.3 is 0 Å². The minimum atomic E-state index is -0.367. The standard InChI is InChI=1S/C11H13ClN2O.C7H3Cl2NO.C4H11N.H73P71/c1-11(2,3)14-10-13-8-6-7(12)4-5-9(8)15-10;8-4-1-2-6-5(3-4)10-7(9)11-6;1-4(2,3)5;1-37-55(36)64(54(34)35)69(65(56(38(2)3)39(4)5)57(40(6)7)41(8)9)71(68(62(50(26)27)51(28)29)63(52(30)31)53(32)33)70(66(58(42(10)11)43(12)13)59(44(14)15)45(16)17)67(60(46(18)19)47(20)21)61(48(22)23)49(24)25/h4-6H,1-3H3,(H,13,14);1-3H;5H2,1-3H3;37H,1-36H2. The van der Waals surface area contributed by atoms with Crippen molar-refractivity contribution in [1.29, 1.82) is 0 Å². The summed E-state index contributed by atoms with van der Waals surface area (Å²) in [7, 11) is 132. The number of oxazole rings is 2. The average Bonchev–Trinajstić information content (AvgIpc) is 0.836. The van der Waals surface area contributed by atoms with E-state index in [2.05, 4.69) is 357 Å². The molecule has 0 radical (unpaired) electrons. The Bertz CT molecular complexity index is 2770. The fourth-order valence-corrected chi connectivity index (χ4v) is 1040. The van der Waals surface area contributed by atoms with Crippen LogP contribution in [0.1, 0.15) is 41.5 Å². The zero-order valence-corrected chi connectivity index (χ0v) is 130. The van der Waals surface area contributed by atoms with Gasteiger partial charge in [-0.05, 0) is 327 Å². The second kappa shape index (κ2) is 67.1. The van der Waals surface area contributed by atoms with E-state index in [9.17, 15) is 0 Å². The normalized spacial score (nSPS) is 14.9. The molecule has 2 aromatic carbocycles. The SMILES string of the molecule is CC(C)(C)N.CC(C)(C)Nc1nc2cc(Cl)ccc2o1.Clc1ccc2oc(Cl)nc2c1.PPP(P)P(P(P)P)P(P(P(P(P)P)P(P)P)P(P(P)P)P(P)P)P(P(P(P(P)P)P(P)P)P(P(P)P)P(P)P)P(P(P(P(P)P)P(P)P)P(P(P)P)P(P)P)P(P(P(P)P)P(P)P)P(P(P)P)P(P)P. The molecule has 0 aliphatic carbocycles. The molecule has 2 aromatic heterocycles. The number of hydrogen-bond acceptors (Lipinski definition) is 6. The highest BCUT2D eigenvalue weighted by Crippen LogP contribution is 3.50. The van der Waals surface area contributed by atoms with Gasteiger partial charge in [0.1, 0.15) is 11.0 Å². The van der Waals surface area contributed by atoms with Crippen LogP contribution in [0.25, 0.3) is 22.2 Å². The Hall–Kier alpha value is 28.5. The van der Waals surface area contributed by atoms with Gasteiger partial charge in [0.05, 0.1) is 0 Å². The molecule has 41 atom stereocenters. The first kappa shape index (κ1) is 129. The smallest absolute Gasteiger partial charge is 0.296 e. The van der Waals surface area contributed by atoms with Gasteiger partial charge in [-0.15, -0.1) is 321 Å². The number of rotatable bonds is 35. The molecule has 0 bridgehead atoms. The Morgan fingerprint density at radius 1 is 0.324 bits per heavy atom. The summed E-state index contributed by atoms with van der Waals surface area (Å²) >= 11 is 17.1. The number of anilines is 1. The molecule has 0 saturated carbocycles. The molecule has 80 heteroatoms. The summed E-state index contributed by atoms with van der Waals surface area (Å²) in [5.74, 6) is 0. The number of nitrogens with zero attached hydrogens (tertiary/aromatic N) is 2. The van der Waals surface area contributed by atoms with Crippen molar-refractivity contribution in [2.75, 3.05) is 5.32 Å². The van der Waals surface area contributed by atoms with E-state index in [1.54, 1.807) is 30.3 Å². The van der Waals surface area contributed by atoms with E-state index in [0.717, 1.165) is 19.1 Å². The van der Waals surface area contributed by atoms with Crippen LogP contribution in [0.4, 0.5) is 6.01 Å². The van der Waals surface area contributed by atoms with E-state index in [0.29, 0.717) is 27.2 Å². The van der Waals surface area contributed by atoms with E-state index in [1.807, 2.05) is 26.8 Å². The molecular formula is C22H100Cl3N4O2P71. The van der Waals surface area contributed by atoms with Crippen molar-refractivity contribution in [2.24, 2.45) is 5.73 Å². The van der Waals surface area contributed by atoms with E-state index < -0.39 is 0 Å². The molecule has 0 spiro atoms. The second-order valence-electron chi connectivity index (χ2n) is 20.2. The third kappa shape index (κ3) is 47.6. The summed E-state index contributed by atoms with van der Waals surface area (Å²) in [6.45, 7) is 2.26. The van der Waals surface area contributed by atoms with Gasteiger partial charge in [-0.2, -0.15) is 9.97 Å². The van der Waals surface area contributed by atoms with Crippen LogP contribution in [0.2, 0.25) is 15.4 Å². The Morgan fingerprint density at radius 2 is 0.520 bits per heavy atom. The molecule has 0 aliphatic rings. The van der Waals surface area contributed by atoms with Crippen LogP contribution in [0.3, 0.4) is 0 Å². The van der Waals surface area contributed by atoms with Crippen molar-refractivity contribution < 1.29 is 8.83 Å². The monoisotopic (exact) mass is 2760 g/mol. The van der Waals surface area contributed by atoms with Crippen molar-refractivity contribution in [3.63, 3.8) is 0 Å². The van der Waals surface area contributed by atoms with Gasteiger partial charge in [0.2, 0.25) is 0 Å². The van der Waals surface area contributed by atoms with Crippen LogP contribution >= 0.6 is 602 Å². The van der Waals surface area contributed by atoms with Gasteiger partial charge in [0.25, 0.3) is 11.4 Å². The predicted molar refractivity (Wildman–Crippen MR) is 724 cm³/mol. The maximum atomic E-state index is 5.86. The molecular weight excluding hydrogens is 2660 g/mol. The Morgan fingerprint density at radius 3 is 0.725 bits per heavy atom. The molecule has 596 valence electrons. The minimum Gasteiger partial charge on any atom is -0.428 e. The van der Waals surface area contributed by atoms with Crippen molar-refractivity contribution in [1.82, 2.24) is 9.97 Å². The number of halogens is 3. The summed E-state index contributed by atoms with van der Waals surface area (Å²) in [4.78, 5) is 8.18. The number of fused-ring (bicyclic) bond motifs is 2. The molecule has 0 saturated heterocycles. The molecule has 0 fully saturated rings. The first-order valence-corrected chi connectivity index (χ1v) is 156. The van der Waals surface area contributed by atoms with Crippen molar-refractivity contribution in [3.8, 4) is 0 Å². The van der Waals surface area contributed by atoms with Gasteiger partial charge in [-0.3, -0.25) is 0 Å². The quantitative estimate of drug-likeness (QED) is 0.0446. The van der Waals surface area contributed by atoms with Crippen molar-refractivity contribution in [3.05, 3.63) is 51.8 Å². The molecule has 3 N–H and O–H groups in total. The molecule has 0 amide bonds. The summed E-state index contributed by atoms with van der Waals surface area (Å²) in [6.07, 6.45) is 0. The highest BCUT2D eigenvalue weighted by atomic mass is 35.5. The van der Waals surface area contributed by atoms with Crippen LogP contribution in [-0.2, 0) is 0 Å². The summed E-state index contributed by atoms with van der Waals surface area (Å²) in [6, 6.07) is 11.1. The van der Waals surface area contributed by atoms with E-state index >= 15 is 0 Å². The first-order valence-electron chi connectivity index (χ1n) is 25.7. The summed E-state index contributed by atoms with van der Waals surface area (Å²) in [5, 5.41) is 4.60. The van der Waals surface area contributed by atoms with Gasteiger partial charge in [-0.25, -0.2) is 0 Å². The number of nitrogens with one attached hydrogen (secondary N) is 1. The van der Waals surface area contributed by atoms with Crippen molar-refractivity contribution in [2.45, 2.75) is 52.6 Å². The average molecular weight is 2760 g/mol. The highest BCUT2D eigenvalue weighted by Gasteiger charge is 2.63. The highest BCUT2D eigenvalue weighted by molar-refractivity contribution is 9.56. The number of nitrogens with two attached hydrogens (primary N) is 1. The Labute approximate surface area is 753 Å². The van der Waals surface area contributed by atoms with Crippen LogP contribution in [-0.4, -0.2) is 21.0 Å². The molecule has 0 aliphatic heterocycles. The van der Waals surface area contributed by atoms with Crippen LogP contribution in [0.15, 0.2) is 45.2 Å². The van der Waals surface area contributed by atoms with Crippen molar-refractivity contribution >= 4 is 630 Å². The number of hydrogen-bond donors (Lipinski definition) is 2. The zero-order valence-electron chi connectivity index (χ0n) is 54.9. The van der Waals surface area contributed by atoms with Gasteiger partial charge in [-0.1, -0.05) is 31.2 Å². The predicted octanol–water partition coefficient (Wildman–Crippen LogP) is 49.2. The van der Waals surface area contributed by atoms with E-state index in [4.69, 9.17) is 49.4 Å². The maximum Gasteiger partial charge on any atom is 0.296 e. The molecule has 2 heterocycles. The lowest BCUT2D eigenvalue weighted by molar-refractivity contribution is 0.555. The molecule has 102 heavy (non-hydrogen) atoms. The minimum absolute atomic E-state index is 0. The Kier molecular flexibility index (Phi) is 84.6. The van der Waals surface area contributed by atoms with Gasteiger partial charge in [0, 0.05) is 21.1 Å². The lowest BCUT2D eigenvalue weighted by atomic mass is 10.1. The van der Waals surface area contributed by atoms with E-state index in [1.165, 1.54) is 0 Å². The Balaban J connectivity index is 0.00000133. The molecule has 4 rings (SSSR count). The van der Waals surface area contributed by atoms with E-state index in [-0.39, 0.29) is 254 Å². The second-order valence-corrected chi connectivity index (χ2v) is 313. The fourth-order valence-electron chi connectivity index (χ4n) is 6.42. The number of benzene rings is 2. The molecule has 4 aromatic rings. The van der Waals surface area contributed by atoms with Crippen LogP contribution in [0.5, 0.6) is 0 Å². The van der Waals surface area contributed by atoms with Crippen LogP contribution in [0, 0.1) is 0 Å². The maximum absolute atomic E-state index is 5.86. The fraction of sp³-hybridized carbons (Fsp3) is 0.364. The zero-order chi connectivity index (χ0) is 79.7. The number of aromatic nitrogens is 2.